The molecule has 3 unspecified atom stereocenters. The molecule has 3 aromatic carbocycles. The lowest BCUT2D eigenvalue weighted by Gasteiger charge is -2.24. The molecule has 9 nitrogen and oxygen atoms in total. The van der Waals surface area contributed by atoms with Gasteiger partial charge in [0.2, 0.25) is 5.91 Å². The molecule has 0 aromatic heterocycles. The van der Waals surface area contributed by atoms with E-state index >= 15 is 0 Å². The van der Waals surface area contributed by atoms with Gasteiger partial charge in [0.15, 0.2) is 0 Å². The van der Waals surface area contributed by atoms with E-state index in [4.69, 9.17) is 9.47 Å². The van der Waals surface area contributed by atoms with Gasteiger partial charge < -0.3 is 30.3 Å². The number of hydrogen-bond acceptors (Lipinski definition) is 7. The number of esters is 1. The molecule has 0 saturated carbocycles. The van der Waals surface area contributed by atoms with E-state index in [1.54, 1.807) is 48.5 Å². The topological polar surface area (TPSA) is 134 Å². The number of alkyl carbamates (subject to hydrolysis) is 1. The summed E-state index contributed by atoms with van der Waals surface area (Å²) in [7, 11) is 0. The van der Waals surface area contributed by atoms with Crippen LogP contribution >= 0.6 is 0 Å². The van der Waals surface area contributed by atoms with Crippen molar-refractivity contribution in [1.82, 2.24) is 10.6 Å². The molecule has 3 aromatic rings. The van der Waals surface area contributed by atoms with Gasteiger partial charge in [-0.2, -0.15) is 0 Å². The standard InChI is InChI=1S/C28H30N2O7/c1-19(31)25(30-28(35)37-18-22-10-6-3-7-11-22)26(33)29-24(16-20-12-14-23(32)15-13-20)27(34)36-17-21-8-4-2-5-9-21/h2-15,19,24-25,31-32H,16-18H2,1H3,(H,29,33)(H,30,35). The molecule has 3 rings (SSSR count). The molecule has 0 heterocycles. The summed E-state index contributed by atoms with van der Waals surface area (Å²) in [6, 6.07) is 21.7. The predicted octanol–water partition coefficient (Wildman–Crippen LogP) is 2.84. The predicted molar refractivity (Wildman–Crippen MR) is 135 cm³/mol. The van der Waals surface area contributed by atoms with Gasteiger partial charge in [0.1, 0.15) is 31.0 Å². The second-order valence-corrected chi connectivity index (χ2v) is 8.45. The first-order chi connectivity index (χ1) is 17.8. The van der Waals surface area contributed by atoms with Gasteiger partial charge in [-0.1, -0.05) is 72.8 Å². The van der Waals surface area contributed by atoms with Crippen molar-refractivity contribution < 1.29 is 34.1 Å². The molecule has 2 amide bonds. The molecule has 0 spiro atoms. The van der Waals surface area contributed by atoms with Gasteiger partial charge in [0, 0.05) is 6.42 Å². The fourth-order valence-corrected chi connectivity index (χ4v) is 3.45. The number of benzene rings is 3. The SMILES string of the molecule is CC(O)C(NC(=O)OCc1ccccc1)C(=O)NC(Cc1ccc(O)cc1)C(=O)OCc1ccccc1. The van der Waals surface area contributed by atoms with Crippen LogP contribution in [0.2, 0.25) is 0 Å². The molecule has 0 aliphatic heterocycles. The Labute approximate surface area is 215 Å². The Hall–Kier alpha value is -4.37. The number of aromatic hydroxyl groups is 1. The highest BCUT2D eigenvalue weighted by atomic mass is 16.5. The monoisotopic (exact) mass is 506 g/mol. The molecule has 0 radical (unpaired) electrons. The molecule has 4 N–H and O–H groups in total. The molecule has 0 aliphatic rings. The summed E-state index contributed by atoms with van der Waals surface area (Å²) in [5.74, 6) is -1.42. The van der Waals surface area contributed by atoms with Crippen molar-refractivity contribution >= 4 is 18.0 Å². The zero-order chi connectivity index (χ0) is 26.6. The van der Waals surface area contributed by atoms with Crippen LogP contribution in [0.25, 0.3) is 0 Å². The van der Waals surface area contributed by atoms with E-state index in [0.29, 0.717) is 5.56 Å². The van der Waals surface area contributed by atoms with Crippen molar-refractivity contribution in [3.63, 3.8) is 0 Å². The van der Waals surface area contributed by atoms with E-state index in [1.165, 1.54) is 19.1 Å². The molecule has 0 saturated heterocycles. The second kappa shape index (κ2) is 13.6. The van der Waals surface area contributed by atoms with Crippen molar-refractivity contribution in [2.24, 2.45) is 0 Å². The van der Waals surface area contributed by atoms with E-state index in [-0.39, 0.29) is 25.4 Å². The molecule has 3 atom stereocenters. The largest absolute Gasteiger partial charge is 0.508 e. The third kappa shape index (κ3) is 8.97. The second-order valence-electron chi connectivity index (χ2n) is 8.45. The summed E-state index contributed by atoms with van der Waals surface area (Å²) >= 11 is 0. The zero-order valence-corrected chi connectivity index (χ0v) is 20.4. The summed E-state index contributed by atoms with van der Waals surface area (Å²) in [6.07, 6.45) is -2.12. The highest BCUT2D eigenvalue weighted by molar-refractivity contribution is 5.90. The summed E-state index contributed by atoms with van der Waals surface area (Å²) in [5, 5.41) is 24.6. The summed E-state index contributed by atoms with van der Waals surface area (Å²) < 4.78 is 10.6. The Morgan fingerprint density at radius 1 is 0.757 bits per heavy atom. The lowest BCUT2D eigenvalue weighted by molar-refractivity contribution is -0.149. The third-order valence-electron chi connectivity index (χ3n) is 5.45. The van der Waals surface area contributed by atoms with Crippen molar-refractivity contribution in [3.8, 4) is 5.75 Å². The van der Waals surface area contributed by atoms with Gasteiger partial charge in [-0.3, -0.25) is 4.79 Å². The van der Waals surface area contributed by atoms with Gasteiger partial charge in [-0.05, 0) is 35.7 Å². The van der Waals surface area contributed by atoms with Crippen LogP contribution in [-0.4, -0.2) is 46.4 Å². The number of phenols is 1. The number of amides is 2. The van der Waals surface area contributed by atoms with Crippen LogP contribution in [0.5, 0.6) is 5.75 Å². The maximum atomic E-state index is 13.0. The van der Waals surface area contributed by atoms with Crippen LogP contribution in [0.1, 0.15) is 23.6 Å². The third-order valence-corrected chi connectivity index (χ3v) is 5.45. The molecule has 0 aliphatic carbocycles. The average molecular weight is 507 g/mol. The summed E-state index contributed by atoms with van der Waals surface area (Å²) in [4.78, 5) is 38.3. The number of phenolic OH excluding ortho intramolecular Hbond substituents is 1. The van der Waals surface area contributed by atoms with E-state index < -0.39 is 36.2 Å². The molecular formula is C28H30N2O7. The van der Waals surface area contributed by atoms with E-state index in [2.05, 4.69) is 10.6 Å². The number of ether oxygens (including phenoxy) is 2. The average Bonchev–Trinajstić information content (AvgIpc) is 2.91. The minimum Gasteiger partial charge on any atom is -0.508 e. The van der Waals surface area contributed by atoms with Crippen LogP contribution in [0.15, 0.2) is 84.9 Å². The number of nitrogens with one attached hydrogen (secondary N) is 2. The first kappa shape index (κ1) is 27.2. The van der Waals surface area contributed by atoms with Crippen LogP contribution in [-0.2, 0) is 38.7 Å². The highest BCUT2D eigenvalue weighted by Gasteiger charge is 2.31. The van der Waals surface area contributed by atoms with Gasteiger partial charge in [0.05, 0.1) is 6.10 Å². The zero-order valence-electron chi connectivity index (χ0n) is 20.4. The Bertz CT molecular complexity index is 1150. The van der Waals surface area contributed by atoms with Crippen molar-refractivity contribution in [2.75, 3.05) is 0 Å². The van der Waals surface area contributed by atoms with E-state index in [9.17, 15) is 24.6 Å². The Morgan fingerprint density at radius 2 is 1.30 bits per heavy atom. The maximum Gasteiger partial charge on any atom is 0.408 e. The molecular weight excluding hydrogens is 476 g/mol. The van der Waals surface area contributed by atoms with E-state index in [0.717, 1.165) is 11.1 Å². The molecule has 9 heteroatoms. The van der Waals surface area contributed by atoms with Crippen LogP contribution < -0.4 is 10.6 Å². The smallest absolute Gasteiger partial charge is 0.408 e. The Balaban J connectivity index is 1.66. The number of carbonyl (C=O) groups excluding carboxylic acids is 3. The number of hydrogen-bond donors (Lipinski definition) is 4. The lowest BCUT2D eigenvalue weighted by Crippen LogP contribution is -2.56. The van der Waals surface area contributed by atoms with Gasteiger partial charge in [-0.15, -0.1) is 0 Å². The number of aliphatic hydroxyl groups excluding tert-OH is 1. The minimum atomic E-state index is -1.38. The van der Waals surface area contributed by atoms with Gasteiger partial charge >= 0.3 is 12.1 Å². The van der Waals surface area contributed by atoms with Crippen LogP contribution in [0.3, 0.4) is 0 Å². The van der Waals surface area contributed by atoms with Crippen molar-refractivity contribution in [3.05, 3.63) is 102 Å². The number of aliphatic hydroxyl groups is 1. The molecule has 0 bridgehead atoms. The molecule has 194 valence electrons. The van der Waals surface area contributed by atoms with Gasteiger partial charge in [0.25, 0.3) is 0 Å². The number of rotatable bonds is 11. The van der Waals surface area contributed by atoms with Crippen LogP contribution in [0, 0.1) is 0 Å². The Kier molecular flexibility index (Phi) is 10.0. The summed E-state index contributed by atoms with van der Waals surface area (Å²) in [6.45, 7) is 1.33. The maximum absolute atomic E-state index is 13.0. The first-order valence-electron chi connectivity index (χ1n) is 11.8. The normalized spacial score (nSPS) is 13.0. The fourth-order valence-electron chi connectivity index (χ4n) is 3.45. The number of carbonyl (C=O) groups is 3. The lowest BCUT2D eigenvalue weighted by atomic mass is 10.0. The van der Waals surface area contributed by atoms with Crippen molar-refractivity contribution in [2.45, 2.75) is 44.7 Å². The fraction of sp³-hybridized carbons (Fsp3) is 0.250. The van der Waals surface area contributed by atoms with Crippen LogP contribution in [0.4, 0.5) is 4.79 Å². The minimum absolute atomic E-state index is 0.00547. The summed E-state index contributed by atoms with van der Waals surface area (Å²) in [5.41, 5.74) is 2.18. The molecule has 37 heavy (non-hydrogen) atoms. The first-order valence-corrected chi connectivity index (χ1v) is 11.8. The van der Waals surface area contributed by atoms with E-state index in [1.807, 2.05) is 24.3 Å². The molecule has 0 fully saturated rings. The van der Waals surface area contributed by atoms with Gasteiger partial charge in [-0.25, -0.2) is 9.59 Å². The highest BCUT2D eigenvalue weighted by Crippen LogP contribution is 2.13. The van der Waals surface area contributed by atoms with Crippen molar-refractivity contribution in [1.29, 1.82) is 0 Å². The Morgan fingerprint density at radius 3 is 1.84 bits per heavy atom. The quantitative estimate of drug-likeness (QED) is 0.294.